The molecule has 0 fully saturated rings. The summed E-state index contributed by atoms with van der Waals surface area (Å²) in [4.78, 5) is 30.5. The van der Waals surface area contributed by atoms with Crippen molar-refractivity contribution >= 4 is 46.8 Å². The van der Waals surface area contributed by atoms with Crippen LogP contribution in [0, 0.1) is 0 Å². The van der Waals surface area contributed by atoms with E-state index in [0.29, 0.717) is 39.9 Å². The molecule has 2 heterocycles. The highest BCUT2D eigenvalue weighted by Crippen LogP contribution is 2.29. The maximum atomic E-state index is 12.4. The maximum Gasteiger partial charge on any atom is 0.261 e. The van der Waals surface area contributed by atoms with Gasteiger partial charge in [0.2, 0.25) is 0 Å². The van der Waals surface area contributed by atoms with Gasteiger partial charge in [0.1, 0.15) is 0 Å². The van der Waals surface area contributed by atoms with Crippen molar-refractivity contribution in [3.8, 4) is 5.69 Å². The minimum atomic E-state index is -0.224. The Bertz CT molecular complexity index is 1030. The molecule has 4 rings (SSSR count). The fraction of sp³-hybridized carbons (Fsp3) is 0.150. The second-order valence-corrected chi connectivity index (χ2v) is 8.09. The van der Waals surface area contributed by atoms with Crippen LogP contribution >= 0.6 is 35.0 Å². The van der Waals surface area contributed by atoms with Crippen molar-refractivity contribution in [3.05, 3.63) is 76.0 Å². The third kappa shape index (κ3) is 3.55. The van der Waals surface area contributed by atoms with Gasteiger partial charge in [0.15, 0.2) is 5.16 Å². The van der Waals surface area contributed by atoms with Crippen LogP contribution in [-0.2, 0) is 0 Å². The van der Waals surface area contributed by atoms with E-state index in [1.54, 1.807) is 48.7 Å². The zero-order chi connectivity index (χ0) is 19.7. The van der Waals surface area contributed by atoms with Crippen LogP contribution < -0.4 is 0 Å². The molecule has 0 spiro atoms. The Hall–Kier alpha value is -2.28. The third-order valence-corrected chi connectivity index (χ3v) is 6.02. The molecule has 0 radical (unpaired) electrons. The van der Waals surface area contributed by atoms with Crippen molar-refractivity contribution in [2.75, 3.05) is 12.3 Å². The average molecular weight is 432 g/mol. The van der Waals surface area contributed by atoms with Crippen molar-refractivity contribution < 1.29 is 9.59 Å². The Kier molecular flexibility index (Phi) is 5.44. The lowest BCUT2D eigenvalue weighted by Gasteiger charge is -2.13. The summed E-state index contributed by atoms with van der Waals surface area (Å²) in [6, 6.07) is 12.2. The van der Waals surface area contributed by atoms with Crippen LogP contribution in [0.15, 0.2) is 60.0 Å². The summed E-state index contributed by atoms with van der Waals surface area (Å²) >= 11 is 13.9. The molecule has 3 aromatic rings. The van der Waals surface area contributed by atoms with E-state index in [-0.39, 0.29) is 11.8 Å². The molecule has 1 aromatic heterocycles. The lowest BCUT2D eigenvalue weighted by atomic mass is 10.1. The Balaban J connectivity index is 1.39. The standard InChI is InChI=1S/C20H15Cl2N3O2S/c21-13-6-7-16(22)17(12-13)24-10-8-23-20(24)28-11-3-9-25-18(26)14-4-1-2-5-15(14)19(25)27/h1-2,4-8,10,12H,3,9,11H2. The summed E-state index contributed by atoms with van der Waals surface area (Å²) in [7, 11) is 0. The molecule has 0 unspecified atom stereocenters. The number of amides is 2. The number of halogens is 2. The monoisotopic (exact) mass is 431 g/mol. The largest absolute Gasteiger partial charge is 0.293 e. The van der Waals surface area contributed by atoms with E-state index in [1.165, 1.54) is 16.7 Å². The quantitative estimate of drug-likeness (QED) is 0.314. The molecular formula is C20H15Cl2N3O2S. The molecule has 0 saturated heterocycles. The predicted molar refractivity (Wildman–Crippen MR) is 111 cm³/mol. The minimum absolute atomic E-state index is 0.224. The molecule has 2 aromatic carbocycles. The van der Waals surface area contributed by atoms with Crippen molar-refractivity contribution in [3.63, 3.8) is 0 Å². The van der Waals surface area contributed by atoms with Crippen LogP contribution in [0.4, 0.5) is 0 Å². The summed E-state index contributed by atoms with van der Waals surface area (Å²) in [6.45, 7) is 0.373. The molecule has 0 bridgehead atoms. The Morgan fingerprint density at radius 3 is 2.43 bits per heavy atom. The first-order valence-electron chi connectivity index (χ1n) is 8.63. The minimum Gasteiger partial charge on any atom is -0.293 e. The van der Waals surface area contributed by atoms with Gasteiger partial charge in [-0.15, -0.1) is 0 Å². The lowest BCUT2D eigenvalue weighted by Crippen LogP contribution is -2.31. The van der Waals surface area contributed by atoms with E-state index in [1.807, 2.05) is 10.8 Å². The van der Waals surface area contributed by atoms with Crippen molar-refractivity contribution in [2.24, 2.45) is 0 Å². The topological polar surface area (TPSA) is 55.2 Å². The van der Waals surface area contributed by atoms with Crippen LogP contribution in [-0.4, -0.2) is 38.6 Å². The maximum absolute atomic E-state index is 12.4. The molecule has 5 nitrogen and oxygen atoms in total. The first-order chi connectivity index (χ1) is 13.6. The third-order valence-electron chi connectivity index (χ3n) is 4.41. The zero-order valence-corrected chi connectivity index (χ0v) is 17.0. The smallest absolute Gasteiger partial charge is 0.261 e. The fourth-order valence-electron chi connectivity index (χ4n) is 3.08. The van der Waals surface area contributed by atoms with Gasteiger partial charge in [0.05, 0.1) is 21.8 Å². The highest BCUT2D eigenvalue weighted by atomic mass is 35.5. The average Bonchev–Trinajstić information content (AvgIpc) is 3.25. The molecule has 0 atom stereocenters. The van der Waals surface area contributed by atoms with Gasteiger partial charge in [-0.25, -0.2) is 4.98 Å². The second-order valence-electron chi connectivity index (χ2n) is 6.19. The second kappa shape index (κ2) is 7.99. The van der Waals surface area contributed by atoms with Gasteiger partial charge in [-0.2, -0.15) is 0 Å². The zero-order valence-electron chi connectivity index (χ0n) is 14.6. The molecule has 8 heteroatoms. The van der Waals surface area contributed by atoms with Gasteiger partial charge in [-0.1, -0.05) is 47.1 Å². The van der Waals surface area contributed by atoms with E-state index in [0.717, 1.165) is 10.8 Å². The number of imidazole rings is 1. The highest BCUT2D eigenvalue weighted by Gasteiger charge is 2.34. The van der Waals surface area contributed by atoms with Crippen molar-refractivity contribution in [1.82, 2.24) is 14.5 Å². The van der Waals surface area contributed by atoms with Gasteiger partial charge in [0.25, 0.3) is 11.8 Å². The van der Waals surface area contributed by atoms with Crippen LogP contribution in [0.25, 0.3) is 5.69 Å². The molecule has 142 valence electrons. The number of aromatic nitrogens is 2. The number of thioether (sulfide) groups is 1. The van der Waals surface area contributed by atoms with Crippen LogP contribution in [0.3, 0.4) is 0 Å². The summed E-state index contributed by atoms with van der Waals surface area (Å²) in [6.07, 6.45) is 4.18. The first kappa shape index (κ1) is 19.1. The van der Waals surface area contributed by atoms with Gasteiger partial charge >= 0.3 is 0 Å². The van der Waals surface area contributed by atoms with Gasteiger partial charge in [0, 0.05) is 29.7 Å². The number of imide groups is 1. The summed E-state index contributed by atoms with van der Waals surface area (Å²) in [5, 5.41) is 1.94. The van der Waals surface area contributed by atoms with Crippen molar-refractivity contribution in [2.45, 2.75) is 11.6 Å². The summed E-state index contributed by atoms with van der Waals surface area (Å²) in [5.41, 5.74) is 1.71. The van der Waals surface area contributed by atoms with E-state index >= 15 is 0 Å². The number of hydrogen-bond donors (Lipinski definition) is 0. The van der Waals surface area contributed by atoms with E-state index in [2.05, 4.69) is 4.98 Å². The predicted octanol–water partition coefficient (Wildman–Crippen LogP) is 4.96. The van der Waals surface area contributed by atoms with E-state index in [9.17, 15) is 9.59 Å². The first-order valence-corrected chi connectivity index (χ1v) is 10.4. The SMILES string of the molecule is O=C1c2ccccc2C(=O)N1CCCSc1nccn1-c1cc(Cl)ccc1Cl. The van der Waals surface area contributed by atoms with Gasteiger partial charge in [-0.3, -0.25) is 19.1 Å². The molecule has 1 aliphatic rings. The number of carbonyl (C=O) groups excluding carboxylic acids is 2. The summed E-state index contributed by atoms with van der Waals surface area (Å²) in [5.74, 6) is 0.249. The van der Waals surface area contributed by atoms with Crippen LogP contribution in [0.2, 0.25) is 10.0 Å². The Morgan fingerprint density at radius 2 is 1.71 bits per heavy atom. The number of benzene rings is 2. The van der Waals surface area contributed by atoms with Gasteiger partial charge in [-0.05, 0) is 36.8 Å². The molecular weight excluding hydrogens is 417 g/mol. The normalized spacial score (nSPS) is 13.3. The Morgan fingerprint density at radius 1 is 1.00 bits per heavy atom. The number of fused-ring (bicyclic) bond motifs is 1. The van der Waals surface area contributed by atoms with E-state index < -0.39 is 0 Å². The van der Waals surface area contributed by atoms with E-state index in [4.69, 9.17) is 23.2 Å². The molecule has 0 aliphatic carbocycles. The van der Waals surface area contributed by atoms with Crippen LogP contribution in [0.1, 0.15) is 27.1 Å². The molecule has 1 aliphatic heterocycles. The molecule has 0 saturated carbocycles. The number of nitrogens with zero attached hydrogens (tertiary/aromatic N) is 3. The highest BCUT2D eigenvalue weighted by molar-refractivity contribution is 7.99. The molecule has 2 amide bonds. The van der Waals surface area contributed by atoms with Crippen LogP contribution in [0.5, 0.6) is 0 Å². The summed E-state index contributed by atoms with van der Waals surface area (Å²) < 4.78 is 1.88. The number of hydrogen-bond acceptors (Lipinski definition) is 4. The lowest BCUT2D eigenvalue weighted by molar-refractivity contribution is 0.0655. The fourth-order valence-corrected chi connectivity index (χ4v) is 4.34. The van der Waals surface area contributed by atoms with Gasteiger partial charge < -0.3 is 0 Å². The number of rotatable bonds is 6. The molecule has 28 heavy (non-hydrogen) atoms. The molecule has 0 N–H and O–H groups in total. The van der Waals surface area contributed by atoms with Crippen molar-refractivity contribution in [1.29, 1.82) is 0 Å². The number of carbonyl (C=O) groups is 2. The Labute approximate surface area is 176 Å².